The fourth-order valence-electron chi connectivity index (χ4n) is 15.2. The molecule has 6 heterocycles. The number of pyridine rings is 2. The van der Waals surface area contributed by atoms with Crippen molar-refractivity contribution in [2.45, 2.75) is 0 Å². The van der Waals surface area contributed by atoms with Crippen LogP contribution in [0.25, 0.3) is 211 Å². The summed E-state index contributed by atoms with van der Waals surface area (Å²) in [5.74, 6) is 1.35. The van der Waals surface area contributed by atoms with E-state index in [0.717, 1.165) is 200 Å². The maximum absolute atomic E-state index is 5.23. The molecule has 15 aromatic carbocycles. The number of nitrogens with zero attached hydrogens (tertiary/aromatic N) is 10. The molecule has 0 spiro atoms. The van der Waals surface area contributed by atoms with Crippen LogP contribution in [0.5, 0.6) is 0 Å². The van der Waals surface area contributed by atoms with E-state index in [2.05, 4.69) is 315 Å². The molecule has 0 aliphatic rings. The maximum atomic E-state index is 5.23. The summed E-state index contributed by atoms with van der Waals surface area (Å²) < 4.78 is 19.5. The van der Waals surface area contributed by atoms with Crippen LogP contribution in [-0.2, 0) is 0 Å². The number of rotatable bonds is 13. The van der Waals surface area contributed by atoms with E-state index in [1.54, 1.807) is 0 Å². The van der Waals surface area contributed by atoms with Crippen LogP contribution in [0.1, 0.15) is 0 Å². The molecule has 21 rings (SSSR count). The van der Waals surface area contributed by atoms with Crippen LogP contribution in [0.2, 0.25) is 0 Å². The zero-order chi connectivity index (χ0) is 74.3. The average Bonchev–Trinajstić information content (AvgIpc) is 1.32. The molecule has 0 amide bonds. The van der Waals surface area contributed by atoms with Crippen molar-refractivity contribution >= 4 is 88.9 Å². The minimum Gasteiger partial charge on any atom is -0.247 e. The van der Waals surface area contributed by atoms with Crippen molar-refractivity contribution in [3.05, 3.63) is 376 Å². The molecule has 21 aromatic rings. The van der Waals surface area contributed by atoms with Gasteiger partial charge in [0.1, 0.15) is 22.1 Å². The van der Waals surface area contributed by atoms with Gasteiger partial charge in [-0.05, 0) is 99.1 Å². The molecule has 12 heteroatoms. The van der Waals surface area contributed by atoms with E-state index in [9.17, 15) is 0 Å². The molecule has 0 saturated heterocycles. The zero-order valence-electron chi connectivity index (χ0n) is 60.1. The van der Waals surface area contributed by atoms with Crippen LogP contribution in [0.15, 0.2) is 376 Å². The van der Waals surface area contributed by atoms with Gasteiger partial charge in [0.2, 0.25) is 0 Å². The summed E-state index contributed by atoms with van der Waals surface area (Å²) in [7, 11) is 0. The quantitative estimate of drug-likeness (QED) is 0.103. The minimum absolute atomic E-state index is 0.669. The predicted molar refractivity (Wildman–Crippen MR) is 462 cm³/mol. The third-order valence-corrected chi connectivity index (χ3v) is 21.8. The van der Waals surface area contributed by atoms with Gasteiger partial charge in [0.15, 0.2) is 11.6 Å². The highest BCUT2D eigenvalue weighted by molar-refractivity contribution is 7.00. The maximum Gasteiger partial charge on any atom is 0.160 e. The van der Waals surface area contributed by atoms with Crippen molar-refractivity contribution < 1.29 is 0 Å². The van der Waals surface area contributed by atoms with Gasteiger partial charge < -0.3 is 0 Å². The molecule has 0 aliphatic carbocycles. The fourth-order valence-corrected chi connectivity index (χ4v) is 16.4. The Bertz CT molecular complexity index is 6990. The fraction of sp³-hybridized carbons (Fsp3) is 0. The van der Waals surface area contributed by atoms with Crippen LogP contribution >= 0.6 is 23.5 Å². The Morgan fingerprint density at radius 1 is 0.170 bits per heavy atom. The van der Waals surface area contributed by atoms with Gasteiger partial charge in [-0.25, -0.2) is 29.9 Å². The molecule has 0 saturated carbocycles. The lowest BCUT2D eigenvalue weighted by molar-refractivity contribution is 1.18. The number of benzene rings is 15. The summed E-state index contributed by atoms with van der Waals surface area (Å²) in [6.45, 7) is 0. The Hall–Kier alpha value is -14.6. The third-order valence-electron chi connectivity index (χ3n) is 20.7. The van der Waals surface area contributed by atoms with Gasteiger partial charge in [-0.3, -0.25) is 0 Å². The van der Waals surface area contributed by atoms with Crippen molar-refractivity contribution in [2.24, 2.45) is 0 Å². The lowest BCUT2D eigenvalue weighted by atomic mass is 9.93. The second-order valence-electron chi connectivity index (χ2n) is 27.6. The Labute approximate surface area is 653 Å². The molecule has 524 valence electrons. The molecule has 0 aliphatic heterocycles. The summed E-state index contributed by atoms with van der Waals surface area (Å²) in [5.41, 5.74) is 29.8. The summed E-state index contributed by atoms with van der Waals surface area (Å²) in [6.07, 6.45) is 0. The molecular formula is C100H62N10S2. The van der Waals surface area contributed by atoms with Gasteiger partial charge in [0.25, 0.3) is 0 Å². The van der Waals surface area contributed by atoms with E-state index >= 15 is 0 Å². The van der Waals surface area contributed by atoms with E-state index < -0.39 is 0 Å². The normalized spacial score (nSPS) is 11.4. The van der Waals surface area contributed by atoms with Gasteiger partial charge >= 0.3 is 0 Å². The number of fused-ring (bicyclic) bond motifs is 10. The average molecular weight is 1470 g/mol. The van der Waals surface area contributed by atoms with E-state index in [4.69, 9.17) is 47.4 Å². The Kier molecular flexibility index (Phi) is 17.4. The van der Waals surface area contributed by atoms with E-state index in [1.807, 2.05) is 60.7 Å². The first-order valence-electron chi connectivity index (χ1n) is 37.1. The summed E-state index contributed by atoms with van der Waals surface area (Å²) >= 11 is 2.50. The minimum atomic E-state index is 0.669. The smallest absolute Gasteiger partial charge is 0.160 e. The standard InChI is InChI=1S/C53H33N5S.C47H29N5S/c1-4-14-34(15-5-1)39-20-12-22-41(30-39)48-33-47(55-53(56-48)42-23-13-21-40(31-42)35-16-6-2-7-17-35)37-28-26-36(27-29-37)44-32-45-49(52-51(44)57-59-58-52)43-24-10-11-25-46(43)54-50(45)38-18-8-3-9-19-38;1-4-13-30(14-5-1)35-19-12-20-36(27-35)47-49-41(32-15-6-2-7-16-32)29-42(50-47)33-25-23-31(24-26-33)38-28-39-43(46-45(38)51-53-52-46)37-21-10-11-22-40(37)48-44(39)34-17-8-3-9-18-34/h1-33H;1-29H. The van der Waals surface area contributed by atoms with Gasteiger partial charge in [0, 0.05) is 88.0 Å². The van der Waals surface area contributed by atoms with Crippen LogP contribution < -0.4 is 0 Å². The van der Waals surface area contributed by atoms with Gasteiger partial charge in [-0.1, -0.05) is 322 Å². The van der Waals surface area contributed by atoms with Crippen molar-refractivity contribution in [3.8, 4) is 146 Å². The van der Waals surface area contributed by atoms with Gasteiger partial charge in [-0.2, -0.15) is 17.5 Å². The largest absolute Gasteiger partial charge is 0.247 e. The Morgan fingerprint density at radius 2 is 0.446 bits per heavy atom. The number of aromatic nitrogens is 10. The molecule has 0 unspecified atom stereocenters. The second kappa shape index (κ2) is 29.2. The highest BCUT2D eigenvalue weighted by Crippen LogP contribution is 2.45. The van der Waals surface area contributed by atoms with E-state index in [-0.39, 0.29) is 0 Å². The highest BCUT2D eigenvalue weighted by Gasteiger charge is 2.23. The third kappa shape index (κ3) is 12.8. The molecule has 0 atom stereocenters. The number of hydrogen-bond donors (Lipinski definition) is 0. The molecule has 6 aromatic heterocycles. The highest BCUT2D eigenvalue weighted by atomic mass is 32.1. The molecule has 0 bridgehead atoms. The number of hydrogen-bond acceptors (Lipinski definition) is 12. The molecule has 0 radical (unpaired) electrons. The first-order chi connectivity index (χ1) is 55.5. The van der Waals surface area contributed by atoms with Crippen molar-refractivity contribution in [1.82, 2.24) is 47.4 Å². The molecule has 112 heavy (non-hydrogen) atoms. The zero-order valence-corrected chi connectivity index (χ0v) is 61.7. The molecule has 0 fully saturated rings. The topological polar surface area (TPSA) is 129 Å². The van der Waals surface area contributed by atoms with Crippen molar-refractivity contribution in [2.75, 3.05) is 0 Å². The lowest BCUT2D eigenvalue weighted by Crippen LogP contribution is -1.96. The molecule has 0 N–H and O–H groups in total. The monoisotopic (exact) mass is 1470 g/mol. The van der Waals surface area contributed by atoms with Crippen LogP contribution in [-0.4, -0.2) is 47.4 Å². The first-order valence-corrected chi connectivity index (χ1v) is 38.6. The Balaban J connectivity index is 0.000000147. The Morgan fingerprint density at radius 3 is 0.830 bits per heavy atom. The van der Waals surface area contributed by atoms with E-state index in [1.165, 1.54) is 23.5 Å². The summed E-state index contributed by atoms with van der Waals surface area (Å²) in [5, 5.41) is 6.41. The summed E-state index contributed by atoms with van der Waals surface area (Å²) in [6, 6.07) is 130. The summed E-state index contributed by atoms with van der Waals surface area (Å²) in [4.78, 5) is 31.1. The second-order valence-corrected chi connectivity index (χ2v) is 28.6. The first kappa shape index (κ1) is 66.8. The van der Waals surface area contributed by atoms with Crippen molar-refractivity contribution in [3.63, 3.8) is 0 Å². The molecule has 10 nitrogen and oxygen atoms in total. The van der Waals surface area contributed by atoms with E-state index in [0.29, 0.717) is 11.6 Å². The lowest BCUT2D eigenvalue weighted by Gasteiger charge is -2.14. The van der Waals surface area contributed by atoms with Gasteiger partial charge in [0.05, 0.1) is 68.7 Å². The SMILES string of the molecule is c1ccc(-c2cccc(-c3cc(-c4ccc(-c5cc6c(-c7ccccc7)nc7ccccc7c6c6nsnc56)cc4)nc(-c4cccc(-c5ccccc5)c4)n3)c2)cc1.c1ccc(-c2cccc(-c3nc(-c4ccccc4)cc(-c4ccc(-c5cc6c(-c7ccccc7)nc7ccccc7c6c6nsnc56)cc4)n3)c2)cc1. The van der Waals surface area contributed by atoms with Crippen LogP contribution in [0.3, 0.4) is 0 Å². The van der Waals surface area contributed by atoms with Crippen molar-refractivity contribution in [1.29, 1.82) is 0 Å². The molecular weight excluding hydrogens is 1410 g/mol. The number of para-hydroxylation sites is 2. The van der Waals surface area contributed by atoms with Crippen LogP contribution in [0.4, 0.5) is 0 Å². The predicted octanol–water partition coefficient (Wildman–Crippen LogP) is 26.0. The van der Waals surface area contributed by atoms with Gasteiger partial charge in [-0.15, -0.1) is 0 Å². The van der Waals surface area contributed by atoms with Crippen LogP contribution in [0, 0.1) is 0 Å².